The molecule has 1 amide bonds. The first kappa shape index (κ1) is 14.5. The van der Waals surface area contributed by atoms with Gasteiger partial charge in [-0.25, -0.2) is 0 Å². The van der Waals surface area contributed by atoms with E-state index in [1.54, 1.807) is 19.1 Å². The molecule has 0 bridgehead atoms. The molecule has 4 nitrogen and oxygen atoms in total. The lowest BCUT2D eigenvalue weighted by Gasteiger charge is -2.08. The van der Waals surface area contributed by atoms with Gasteiger partial charge in [-0.3, -0.25) is 9.59 Å². The Morgan fingerprint density at radius 3 is 2.72 bits per heavy atom. The lowest BCUT2D eigenvalue weighted by atomic mass is 10.2. The second kappa shape index (κ2) is 7.01. The van der Waals surface area contributed by atoms with Gasteiger partial charge in [0.1, 0.15) is 0 Å². The molecule has 0 heterocycles. The molecular weight excluding hydrogens is 254 g/mol. The van der Waals surface area contributed by atoms with Crippen molar-refractivity contribution in [3.05, 3.63) is 28.8 Å². The molecule has 0 spiro atoms. The number of rotatable bonds is 5. The summed E-state index contributed by atoms with van der Waals surface area (Å²) < 4.78 is 4.75. The van der Waals surface area contributed by atoms with Crippen LogP contribution in [-0.2, 0) is 14.3 Å². The summed E-state index contributed by atoms with van der Waals surface area (Å²) in [7, 11) is 0. The van der Waals surface area contributed by atoms with Gasteiger partial charge in [0.15, 0.2) is 0 Å². The third-order valence-corrected chi connectivity index (χ3v) is 2.57. The molecule has 5 heteroatoms. The van der Waals surface area contributed by atoms with Gasteiger partial charge in [-0.05, 0) is 31.5 Å². The second-order valence-electron chi connectivity index (χ2n) is 3.81. The van der Waals surface area contributed by atoms with Crippen molar-refractivity contribution in [2.45, 2.75) is 26.7 Å². The summed E-state index contributed by atoms with van der Waals surface area (Å²) in [5.41, 5.74) is 1.58. The van der Waals surface area contributed by atoms with Crippen LogP contribution in [-0.4, -0.2) is 18.5 Å². The summed E-state index contributed by atoms with van der Waals surface area (Å²) in [6.45, 7) is 3.93. The van der Waals surface area contributed by atoms with E-state index in [2.05, 4.69) is 5.32 Å². The van der Waals surface area contributed by atoms with Crippen LogP contribution in [0.25, 0.3) is 0 Å². The molecule has 1 rings (SSSR count). The Morgan fingerprint density at radius 1 is 1.33 bits per heavy atom. The van der Waals surface area contributed by atoms with Crippen molar-refractivity contribution in [2.75, 3.05) is 11.9 Å². The predicted molar refractivity (Wildman–Crippen MR) is 70.7 cm³/mol. The van der Waals surface area contributed by atoms with Gasteiger partial charge in [0.2, 0.25) is 5.91 Å². The second-order valence-corrected chi connectivity index (χ2v) is 4.25. The van der Waals surface area contributed by atoms with Crippen molar-refractivity contribution in [2.24, 2.45) is 0 Å². The normalized spacial score (nSPS) is 9.94. The van der Waals surface area contributed by atoms with E-state index in [4.69, 9.17) is 16.3 Å². The van der Waals surface area contributed by atoms with E-state index in [0.29, 0.717) is 17.3 Å². The molecule has 1 aromatic carbocycles. The predicted octanol–water partition coefficient (Wildman–Crippen LogP) is 2.93. The maximum absolute atomic E-state index is 11.6. The number of aryl methyl sites for hydroxylation is 1. The van der Waals surface area contributed by atoms with Crippen molar-refractivity contribution in [1.29, 1.82) is 0 Å². The number of ether oxygens (including phenoxy) is 1. The zero-order valence-electron chi connectivity index (χ0n) is 10.5. The molecule has 0 aliphatic heterocycles. The summed E-state index contributed by atoms with van der Waals surface area (Å²) >= 11 is 5.84. The number of hydrogen-bond acceptors (Lipinski definition) is 3. The molecule has 0 fully saturated rings. The molecule has 98 valence electrons. The molecule has 0 aliphatic carbocycles. The molecule has 0 aliphatic rings. The maximum atomic E-state index is 11.6. The van der Waals surface area contributed by atoms with Gasteiger partial charge in [-0.2, -0.15) is 0 Å². The molecule has 0 saturated carbocycles. The zero-order chi connectivity index (χ0) is 13.5. The van der Waals surface area contributed by atoms with Crippen LogP contribution in [0.15, 0.2) is 18.2 Å². The SMILES string of the molecule is CCOC(=O)CCC(=O)Nc1cc(Cl)ccc1C. The Hall–Kier alpha value is -1.55. The van der Waals surface area contributed by atoms with Gasteiger partial charge in [-0.15, -0.1) is 0 Å². The Balaban J connectivity index is 2.49. The fourth-order valence-electron chi connectivity index (χ4n) is 1.39. The van der Waals surface area contributed by atoms with E-state index >= 15 is 0 Å². The zero-order valence-corrected chi connectivity index (χ0v) is 11.2. The third-order valence-electron chi connectivity index (χ3n) is 2.34. The van der Waals surface area contributed by atoms with Gasteiger partial charge in [0.05, 0.1) is 13.0 Å². The number of anilines is 1. The smallest absolute Gasteiger partial charge is 0.306 e. The van der Waals surface area contributed by atoms with Crippen LogP contribution >= 0.6 is 11.6 Å². The average molecular weight is 270 g/mol. The topological polar surface area (TPSA) is 55.4 Å². The van der Waals surface area contributed by atoms with Crippen LogP contribution in [0.1, 0.15) is 25.3 Å². The first-order valence-corrected chi connectivity index (χ1v) is 6.12. The van der Waals surface area contributed by atoms with Gasteiger partial charge < -0.3 is 10.1 Å². The summed E-state index contributed by atoms with van der Waals surface area (Å²) in [6, 6.07) is 5.26. The van der Waals surface area contributed by atoms with Crippen molar-refractivity contribution < 1.29 is 14.3 Å². The first-order valence-electron chi connectivity index (χ1n) is 5.74. The summed E-state index contributed by atoms with van der Waals surface area (Å²) in [4.78, 5) is 22.7. The van der Waals surface area contributed by atoms with E-state index in [0.717, 1.165) is 5.56 Å². The van der Waals surface area contributed by atoms with Gasteiger partial charge in [0.25, 0.3) is 0 Å². The molecule has 0 unspecified atom stereocenters. The molecular formula is C13H16ClNO3. The maximum Gasteiger partial charge on any atom is 0.306 e. The molecule has 0 aromatic heterocycles. The Morgan fingerprint density at radius 2 is 2.06 bits per heavy atom. The molecule has 1 N–H and O–H groups in total. The largest absolute Gasteiger partial charge is 0.466 e. The molecule has 0 radical (unpaired) electrons. The van der Waals surface area contributed by atoms with Crippen LogP contribution in [0.4, 0.5) is 5.69 Å². The van der Waals surface area contributed by atoms with Crippen molar-refractivity contribution >= 4 is 29.2 Å². The highest BCUT2D eigenvalue weighted by atomic mass is 35.5. The number of halogens is 1. The highest BCUT2D eigenvalue weighted by Gasteiger charge is 2.09. The monoisotopic (exact) mass is 269 g/mol. The third kappa shape index (κ3) is 4.75. The lowest BCUT2D eigenvalue weighted by Crippen LogP contribution is -2.15. The lowest BCUT2D eigenvalue weighted by molar-refractivity contribution is -0.144. The van der Waals surface area contributed by atoms with E-state index in [1.807, 2.05) is 13.0 Å². The minimum atomic E-state index is -0.365. The van der Waals surface area contributed by atoms with Crippen molar-refractivity contribution in [3.63, 3.8) is 0 Å². The van der Waals surface area contributed by atoms with E-state index in [-0.39, 0.29) is 24.7 Å². The number of amides is 1. The number of carbonyl (C=O) groups excluding carboxylic acids is 2. The standard InChI is InChI=1S/C13H16ClNO3/c1-3-18-13(17)7-6-12(16)15-11-8-10(14)5-4-9(11)2/h4-5,8H,3,6-7H2,1-2H3,(H,15,16). The van der Waals surface area contributed by atoms with Gasteiger partial charge in [-0.1, -0.05) is 17.7 Å². The summed E-state index contributed by atoms with van der Waals surface area (Å²) in [5, 5.41) is 3.27. The Bertz CT molecular complexity index is 446. The Labute approximate surface area is 111 Å². The van der Waals surface area contributed by atoms with Gasteiger partial charge in [0, 0.05) is 17.1 Å². The minimum Gasteiger partial charge on any atom is -0.466 e. The van der Waals surface area contributed by atoms with E-state index in [1.165, 1.54) is 0 Å². The Kier molecular flexibility index (Phi) is 5.65. The number of carbonyl (C=O) groups is 2. The number of nitrogens with one attached hydrogen (secondary N) is 1. The van der Waals surface area contributed by atoms with Crippen molar-refractivity contribution in [1.82, 2.24) is 0 Å². The average Bonchev–Trinajstić information content (AvgIpc) is 2.32. The first-order chi connectivity index (χ1) is 8.52. The fourth-order valence-corrected chi connectivity index (χ4v) is 1.56. The van der Waals surface area contributed by atoms with Crippen LogP contribution in [0.2, 0.25) is 5.02 Å². The minimum absolute atomic E-state index is 0.0826. The van der Waals surface area contributed by atoms with Crippen LogP contribution < -0.4 is 5.32 Å². The van der Waals surface area contributed by atoms with Crippen molar-refractivity contribution in [3.8, 4) is 0 Å². The quantitative estimate of drug-likeness (QED) is 0.836. The summed E-state index contributed by atoms with van der Waals surface area (Å²) in [5.74, 6) is -0.594. The van der Waals surface area contributed by atoms with Gasteiger partial charge >= 0.3 is 5.97 Å². The number of hydrogen-bond donors (Lipinski definition) is 1. The number of benzene rings is 1. The van der Waals surface area contributed by atoms with Crippen LogP contribution in [0.3, 0.4) is 0 Å². The van der Waals surface area contributed by atoms with E-state index < -0.39 is 0 Å². The number of esters is 1. The van der Waals surface area contributed by atoms with Crippen LogP contribution in [0.5, 0.6) is 0 Å². The highest BCUT2D eigenvalue weighted by molar-refractivity contribution is 6.31. The molecule has 0 saturated heterocycles. The summed E-state index contributed by atoms with van der Waals surface area (Å²) in [6.07, 6.45) is 0.185. The molecule has 0 atom stereocenters. The molecule has 18 heavy (non-hydrogen) atoms. The fraction of sp³-hybridized carbons (Fsp3) is 0.385. The van der Waals surface area contributed by atoms with E-state index in [9.17, 15) is 9.59 Å². The molecule has 1 aromatic rings. The highest BCUT2D eigenvalue weighted by Crippen LogP contribution is 2.20. The van der Waals surface area contributed by atoms with Crippen LogP contribution in [0, 0.1) is 6.92 Å².